The molecule has 7 heteroatoms. The maximum absolute atomic E-state index is 12.6. The number of hydrogen-bond acceptors (Lipinski definition) is 3. The number of hydrogen-bond donors (Lipinski definition) is 1. The van der Waals surface area contributed by atoms with E-state index in [9.17, 15) is 13.2 Å². The van der Waals surface area contributed by atoms with Crippen LogP contribution in [0.1, 0.15) is 16.8 Å². The zero-order valence-corrected chi connectivity index (χ0v) is 12.7. The molecule has 3 rings (SSSR count). The van der Waals surface area contributed by atoms with E-state index in [1.54, 1.807) is 12.5 Å². The number of pyridine rings is 1. The van der Waals surface area contributed by atoms with E-state index in [-0.39, 0.29) is 5.82 Å². The van der Waals surface area contributed by atoms with Gasteiger partial charge in [0.2, 0.25) is 0 Å². The highest BCUT2D eigenvalue weighted by atomic mass is 19.4. The quantitative estimate of drug-likeness (QED) is 0.769. The lowest BCUT2D eigenvalue weighted by molar-refractivity contribution is -0.141. The third-order valence-electron chi connectivity index (χ3n) is 3.46. The van der Waals surface area contributed by atoms with Gasteiger partial charge in [0, 0.05) is 25.5 Å². The van der Waals surface area contributed by atoms with Gasteiger partial charge in [0.05, 0.1) is 6.33 Å². The van der Waals surface area contributed by atoms with Crippen molar-refractivity contribution in [2.24, 2.45) is 0 Å². The molecule has 4 nitrogen and oxygen atoms in total. The predicted octanol–water partition coefficient (Wildman–Crippen LogP) is 3.96. The molecule has 3 aromatic rings. The van der Waals surface area contributed by atoms with Gasteiger partial charge in [-0.2, -0.15) is 13.2 Å². The maximum atomic E-state index is 12.6. The van der Waals surface area contributed by atoms with E-state index in [0.29, 0.717) is 6.54 Å². The van der Waals surface area contributed by atoms with Gasteiger partial charge >= 0.3 is 6.18 Å². The van der Waals surface area contributed by atoms with Crippen molar-refractivity contribution in [1.29, 1.82) is 0 Å². The van der Waals surface area contributed by atoms with Gasteiger partial charge in [-0.25, -0.2) is 9.97 Å². The highest BCUT2D eigenvalue weighted by molar-refractivity contribution is 5.37. The average molecular weight is 332 g/mol. The summed E-state index contributed by atoms with van der Waals surface area (Å²) < 4.78 is 39.9. The standard InChI is InChI=1S/C17H15F3N4/c18-17(19,20)15-2-1-3-16(23-15)22-10-13-4-6-14(7-5-13)11-24-9-8-21-12-24/h1-9,12H,10-11H2,(H,22,23). The molecule has 24 heavy (non-hydrogen) atoms. The summed E-state index contributed by atoms with van der Waals surface area (Å²) in [4.78, 5) is 7.57. The molecule has 0 aliphatic rings. The van der Waals surface area contributed by atoms with Crippen LogP contribution in [-0.2, 0) is 19.3 Å². The molecule has 0 saturated heterocycles. The molecular weight excluding hydrogens is 317 g/mol. The van der Waals surface area contributed by atoms with Crippen LogP contribution in [0.4, 0.5) is 19.0 Å². The molecular formula is C17H15F3N4. The zero-order chi connectivity index (χ0) is 17.0. The van der Waals surface area contributed by atoms with E-state index >= 15 is 0 Å². The summed E-state index contributed by atoms with van der Waals surface area (Å²) in [6.07, 6.45) is 0.913. The Hall–Kier alpha value is -2.83. The summed E-state index contributed by atoms with van der Waals surface area (Å²) in [5, 5.41) is 2.91. The SMILES string of the molecule is FC(F)(F)c1cccc(NCc2ccc(Cn3ccnc3)cc2)n1. The normalized spacial score (nSPS) is 11.5. The summed E-state index contributed by atoms with van der Waals surface area (Å²) >= 11 is 0. The lowest BCUT2D eigenvalue weighted by Crippen LogP contribution is -2.10. The van der Waals surface area contributed by atoms with E-state index in [4.69, 9.17) is 0 Å². The smallest absolute Gasteiger partial charge is 0.366 e. The monoisotopic (exact) mass is 332 g/mol. The minimum atomic E-state index is -4.44. The number of alkyl halides is 3. The molecule has 0 spiro atoms. The van der Waals surface area contributed by atoms with E-state index in [1.165, 1.54) is 12.1 Å². The van der Waals surface area contributed by atoms with E-state index < -0.39 is 11.9 Å². The second-order valence-electron chi connectivity index (χ2n) is 5.31. The third kappa shape index (κ3) is 4.13. The van der Waals surface area contributed by atoms with Crippen LogP contribution in [-0.4, -0.2) is 14.5 Å². The maximum Gasteiger partial charge on any atom is 0.433 e. The molecule has 0 fully saturated rings. The molecule has 0 amide bonds. The van der Waals surface area contributed by atoms with Gasteiger partial charge in [0.1, 0.15) is 11.5 Å². The average Bonchev–Trinajstić information content (AvgIpc) is 3.07. The Morgan fingerprint density at radius 1 is 1.00 bits per heavy atom. The number of imidazole rings is 1. The van der Waals surface area contributed by atoms with Gasteiger partial charge in [-0.1, -0.05) is 30.3 Å². The zero-order valence-electron chi connectivity index (χ0n) is 12.7. The highest BCUT2D eigenvalue weighted by Crippen LogP contribution is 2.28. The number of aromatic nitrogens is 3. The van der Waals surface area contributed by atoms with Crippen molar-refractivity contribution in [3.63, 3.8) is 0 Å². The van der Waals surface area contributed by atoms with E-state index in [1.807, 2.05) is 35.0 Å². The van der Waals surface area contributed by atoms with Gasteiger partial charge < -0.3 is 9.88 Å². The molecule has 1 N–H and O–H groups in total. The van der Waals surface area contributed by atoms with E-state index in [2.05, 4.69) is 15.3 Å². The van der Waals surface area contributed by atoms with Gasteiger partial charge in [-0.15, -0.1) is 0 Å². The fourth-order valence-corrected chi connectivity index (χ4v) is 2.24. The molecule has 0 saturated carbocycles. The van der Waals surface area contributed by atoms with Gasteiger partial charge in [0.25, 0.3) is 0 Å². The molecule has 0 atom stereocenters. The van der Waals surface area contributed by atoms with Crippen LogP contribution in [0.25, 0.3) is 0 Å². The second-order valence-corrected chi connectivity index (χ2v) is 5.31. The van der Waals surface area contributed by atoms with Crippen molar-refractivity contribution in [3.05, 3.63) is 78.0 Å². The Morgan fingerprint density at radius 2 is 1.75 bits per heavy atom. The first kappa shape index (κ1) is 16.0. The number of halogens is 3. The fourth-order valence-electron chi connectivity index (χ4n) is 2.24. The number of anilines is 1. The molecule has 0 aliphatic carbocycles. The van der Waals surface area contributed by atoms with Crippen molar-refractivity contribution < 1.29 is 13.2 Å². The molecule has 0 aliphatic heterocycles. The molecule has 2 aromatic heterocycles. The molecule has 2 heterocycles. The lowest BCUT2D eigenvalue weighted by atomic mass is 10.1. The molecule has 0 unspecified atom stereocenters. The largest absolute Gasteiger partial charge is 0.433 e. The Balaban J connectivity index is 1.61. The lowest BCUT2D eigenvalue weighted by Gasteiger charge is -2.10. The fraction of sp³-hybridized carbons (Fsp3) is 0.176. The van der Waals surface area contributed by atoms with Crippen molar-refractivity contribution >= 4 is 5.82 Å². The summed E-state index contributed by atoms with van der Waals surface area (Å²) in [7, 11) is 0. The molecule has 124 valence electrons. The Bertz CT molecular complexity index is 780. The highest BCUT2D eigenvalue weighted by Gasteiger charge is 2.32. The van der Waals surface area contributed by atoms with E-state index in [0.717, 1.165) is 23.7 Å². The molecule has 1 aromatic carbocycles. The third-order valence-corrected chi connectivity index (χ3v) is 3.46. The van der Waals surface area contributed by atoms with Gasteiger partial charge in [-0.05, 0) is 23.3 Å². The summed E-state index contributed by atoms with van der Waals surface area (Å²) in [6, 6.07) is 11.7. The first-order valence-electron chi connectivity index (χ1n) is 7.32. The number of benzene rings is 1. The number of rotatable bonds is 5. The number of nitrogens with one attached hydrogen (secondary N) is 1. The van der Waals surface area contributed by atoms with Crippen LogP contribution in [0.5, 0.6) is 0 Å². The van der Waals surface area contributed by atoms with Crippen LogP contribution < -0.4 is 5.32 Å². The van der Waals surface area contributed by atoms with Gasteiger partial charge in [-0.3, -0.25) is 0 Å². The first-order valence-corrected chi connectivity index (χ1v) is 7.32. The summed E-state index contributed by atoms with van der Waals surface area (Å²) in [5.74, 6) is 0.201. The van der Waals surface area contributed by atoms with Gasteiger partial charge in [0.15, 0.2) is 0 Å². The number of nitrogens with zero attached hydrogens (tertiary/aromatic N) is 3. The summed E-state index contributed by atoms with van der Waals surface area (Å²) in [5.41, 5.74) is 1.18. The molecule has 0 bridgehead atoms. The van der Waals surface area contributed by atoms with Crippen molar-refractivity contribution in [3.8, 4) is 0 Å². The van der Waals surface area contributed by atoms with Crippen LogP contribution in [0.15, 0.2) is 61.2 Å². The van der Waals surface area contributed by atoms with Crippen LogP contribution in [0.2, 0.25) is 0 Å². The van der Waals surface area contributed by atoms with Crippen molar-refractivity contribution in [2.45, 2.75) is 19.3 Å². The predicted molar refractivity (Wildman–Crippen MR) is 84.3 cm³/mol. The van der Waals surface area contributed by atoms with Crippen LogP contribution in [0.3, 0.4) is 0 Å². The molecule has 0 radical (unpaired) electrons. The Labute approximate surface area is 137 Å². The second kappa shape index (κ2) is 6.74. The van der Waals surface area contributed by atoms with Crippen LogP contribution >= 0.6 is 0 Å². The minimum Gasteiger partial charge on any atom is -0.366 e. The Kier molecular flexibility index (Phi) is 4.50. The Morgan fingerprint density at radius 3 is 2.42 bits per heavy atom. The topological polar surface area (TPSA) is 42.7 Å². The minimum absolute atomic E-state index is 0.201. The van der Waals surface area contributed by atoms with Crippen molar-refractivity contribution in [2.75, 3.05) is 5.32 Å². The summed E-state index contributed by atoms with van der Waals surface area (Å²) in [6.45, 7) is 1.13. The van der Waals surface area contributed by atoms with Crippen molar-refractivity contribution in [1.82, 2.24) is 14.5 Å². The van der Waals surface area contributed by atoms with Crippen LogP contribution in [0, 0.1) is 0 Å². The first-order chi connectivity index (χ1) is 11.5.